The highest BCUT2D eigenvalue weighted by atomic mass is 16.5. The lowest BCUT2D eigenvalue weighted by Gasteiger charge is -2.09. The van der Waals surface area contributed by atoms with Crippen LogP contribution in [0.5, 0.6) is 5.75 Å². The molecule has 0 aliphatic carbocycles. The number of hydrogen-bond donors (Lipinski definition) is 1. The van der Waals surface area contributed by atoms with E-state index in [-0.39, 0.29) is 0 Å². The molecule has 0 fully saturated rings. The van der Waals surface area contributed by atoms with Gasteiger partial charge in [0.15, 0.2) is 0 Å². The molecule has 0 bridgehead atoms. The van der Waals surface area contributed by atoms with E-state index >= 15 is 0 Å². The molecule has 0 aliphatic rings. The van der Waals surface area contributed by atoms with Crippen molar-refractivity contribution in [3.8, 4) is 33.8 Å². The van der Waals surface area contributed by atoms with Gasteiger partial charge in [-0.25, -0.2) is 4.68 Å². The molecule has 1 heterocycles. The van der Waals surface area contributed by atoms with Gasteiger partial charge >= 0.3 is 0 Å². The molecule has 4 aromatic rings. The van der Waals surface area contributed by atoms with Crippen molar-refractivity contribution in [1.82, 2.24) is 9.78 Å². The molecule has 4 rings (SSSR count). The maximum absolute atomic E-state index is 11.3. The van der Waals surface area contributed by atoms with Gasteiger partial charge in [0.1, 0.15) is 5.75 Å². The van der Waals surface area contributed by atoms with Crippen LogP contribution in [0.3, 0.4) is 0 Å². The number of aryl methyl sites for hydroxylation is 1. The first-order valence-electron chi connectivity index (χ1n) is 9.27. The van der Waals surface area contributed by atoms with Gasteiger partial charge in [0.05, 0.1) is 24.2 Å². The predicted octanol–water partition coefficient (Wildman–Crippen LogP) is 4.62. The van der Waals surface area contributed by atoms with Crippen LogP contribution in [-0.2, 0) is 0 Å². The van der Waals surface area contributed by atoms with Gasteiger partial charge in [0.2, 0.25) is 5.91 Å². The molecule has 1 aromatic heterocycles. The summed E-state index contributed by atoms with van der Waals surface area (Å²) in [5.74, 6) is 0.398. The van der Waals surface area contributed by atoms with E-state index in [0.29, 0.717) is 5.56 Å². The van der Waals surface area contributed by atoms with Gasteiger partial charge in [-0.15, -0.1) is 0 Å². The van der Waals surface area contributed by atoms with E-state index in [1.807, 2.05) is 54.1 Å². The van der Waals surface area contributed by atoms with Crippen molar-refractivity contribution in [2.45, 2.75) is 6.92 Å². The minimum Gasteiger partial charge on any atom is -0.497 e. The number of rotatable bonds is 5. The Morgan fingerprint density at radius 1 is 0.862 bits per heavy atom. The number of methoxy groups -OCH3 is 1. The lowest BCUT2D eigenvalue weighted by atomic mass is 10.0. The first-order chi connectivity index (χ1) is 14.0. The Balaban J connectivity index is 1.67. The maximum Gasteiger partial charge on any atom is 0.248 e. The predicted molar refractivity (Wildman–Crippen MR) is 114 cm³/mol. The summed E-state index contributed by atoms with van der Waals surface area (Å²) in [6, 6.07) is 25.5. The molecule has 5 nitrogen and oxygen atoms in total. The summed E-state index contributed by atoms with van der Waals surface area (Å²) in [7, 11) is 1.66. The van der Waals surface area contributed by atoms with Gasteiger partial charge in [-0.2, -0.15) is 5.10 Å². The fourth-order valence-electron chi connectivity index (χ4n) is 3.29. The molecule has 0 atom stereocenters. The summed E-state index contributed by atoms with van der Waals surface area (Å²) in [5, 5.41) is 4.62. The molecular formula is C24H21N3O2. The SMILES string of the molecule is COc1ccc(-c2ccc(-c3cc(C)nn3-c3ccc(C(N)=O)cc3)cc2)cc1. The van der Waals surface area contributed by atoms with E-state index in [1.165, 1.54) is 0 Å². The second-order valence-electron chi connectivity index (χ2n) is 6.80. The Labute approximate surface area is 169 Å². The van der Waals surface area contributed by atoms with E-state index in [4.69, 9.17) is 10.5 Å². The van der Waals surface area contributed by atoms with Gasteiger partial charge in [0.25, 0.3) is 0 Å². The average Bonchev–Trinajstić information content (AvgIpc) is 3.15. The molecule has 5 heteroatoms. The fraction of sp³-hybridized carbons (Fsp3) is 0.0833. The molecule has 1 amide bonds. The van der Waals surface area contributed by atoms with Crippen LogP contribution in [0.2, 0.25) is 0 Å². The number of carbonyl (C=O) groups is 1. The highest BCUT2D eigenvalue weighted by molar-refractivity contribution is 5.92. The van der Waals surface area contributed by atoms with E-state index in [0.717, 1.165) is 39.5 Å². The van der Waals surface area contributed by atoms with Gasteiger partial charge in [-0.1, -0.05) is 36.4 Å². The van der Waals surface area contributed by atoms with Crippen molar-refractivity contribution in [2.75, 3.05) is 7.11 Å². The van der Waals surface area contributed by atoms with Crippen molar-refractivity contribution in [3.63, 3.8) is 0 Å². The lowest BCUT2D eigenvalue weighted by molar-refractivity contribution is 0.100. The van der Waals surface area contributed by atoms with E-state index < -0.39 is 5.91 Å². The minimum absolute atomic E-state index is 0.442. The van der Waals surface area contributed by atoms with E-state index in [2.05, 4.69) is 29.4 Å². The summed E-state index contributed by atoms with van der Waals surface area (Å²) in [5.41, 5.74) is 11.9. The number of carbonyl (C=O) groups excluding carboxylic acids is 1. The lowest BCUT2D eigenvalue weighted by Crippen LogP contribution is -2.10. The van der Waals surface area contributed by atoms with Crippen LogP contribution in [0, 0.1) is 6.92 Å². The molecule has 0 aliphatic heterocycles. The van der Waals surface area contributed by atoms with E-state index in [9.17, 15) is 4.79 Å². The molecule has 0 radical (unpaired) electrons. The number of nitrogens with zero attached hydrogens (tertiary/aromatic N) is 2. The number of ether oxygens (including phenoxy) is 1. The third kappa shape index (κ3) is 3.75. The summed E-state index contributed by atoms with van der Waals surface area (Å²) in [6.07, 6.45) is 0. The van der Waals surface area contributed by atoms with Crippen LogP contribution >= 0.6 is 0 Å². The summed E-state index contributed by atoms with van der Waals surface area (Å²) >= 11 is 0. The average molecular weight is 383 g/mol. The van der Waals surface area contributed by atoms with E-state index in [1.54, 1.807) is 19.2 Å². The third-order valence-corrected chi connectivity index (χ3v) is 4.83. The molecule has 0 saturated carbocycles. The fourth-order valence-corrected chi connectivity index (χ4v) is 3.29. The standard InChI is InChI=1S/C24H21N3O2/c1-16-15-23(27(26-16)21-11-7-20(8-12-21)24(25)28)19-5-3-17(4-6-19)18-9-13-22(29-2)14-10-18/h3-15H,1-2H3,(H2,25,28). The highest BCUT2D eigenvalue weighted by Crippen LogP contribution is 2.28. The van der Waals surface area contributed by atoms with Crippen molar-refractivity contribution in [1.29, 1.82) is 0 Å². The number of primary amides is 1. The molecule has 0 saturated heterocycles. The Kier molecular flexibility index (Phi) is 4.87. The second kappa shape index (κ2) is 7.64. The van der Waals surface area contributed by atoms with Crippen LogP contribution < -0.4 is 10.5 Å². The van der Waals surface area contributed by atoms with Crippen LogP contribution in [0.25, 0.3) is 28.1 Å². The topological polar surface area (TPSA) is 70.1 Å². The van der Waals surface area contributed by atoms with Gasteiger partial charge < -0.3 is 10.5 Å². The highest BCUT2D eigenvalue weighted by Gasteiger charge is 2.11. The quantitative estimate of drug-likeness (QED) is 0.547. The molecule has 3 aromatic carbocycles. The maximum atomic E-state index is 11.3. The van der Waals surface area contributed by atoms with Gasteiger partial charge in [-0.3, -0.25) is 4.79 Å². The largest absolute Gasteiger partial charge is 0.497 e. The first kappa shape index (κ1) is 18.5. The summed E-state index contributed by atoms with van der Waals surface area (Å²) in [6.45, 7) is 1.96. The molecule has 29 heavy (non-hydrogen) atoms. The van der Waals surface area contributed by atoms with Crippen molar-refractivity contribution in [3.05, 3.63) is 90.1 Å². The second-order valence-corrected chi connectivity index (χ2v) is 6.80. The van der Waals surface area contributed by atoms with Crippen LogP contribution in [0.1, 0.15) is 16.1 Å². The summed E-state index contributed by atoms with van der Waals surface area (Å²) < 4.78 is 7.10. The Morgan fingerprint density at radius 3 is 1.97 bits per heavy atom. The van der Waals surface area contributed by atoms with Crippen LogP contribution in [0.15, 0.2) is 78.9 Å². The molecule has 0 spiro atoms. The molecule has 2 N–H and O–H groups in total. The molecule has 144 valence electrons. The Hall–Kier alpha value is -3.86. The number of amides is 1. The number of hydrogen-bond acceptors (Lipinski definition) is 3. The third-order valence-electron chi connectivity index (χ3n) is 4.83. The Bertz CT molecular complexity index is 1140. The van der Waals surface area contributed by atoms with Crippen LogP contribution in [0.4, 0.5) is 0 Å². The smallest absolute Gasteiger partial charge is 0.248 e. The van der Waals surface area contributed by atoms with Crippen LogP contribution in [-0.4, -0.2) is 22.8 Å². The minimum atomic E-state index is -0.442. The van der Waals surface area contributed by atoms with Gasteiger partial charge in [0, 0.05) is 11.1 Å². The van der Waals surface area contributed by atoms with Gasteiger partial charge in [-0.05, 0) is 60.5 Å². The monoisotopic (exact) mass is 383 g/mol. The number of benzene rings is 3. The Morgan fingerprint density at radius 2 is 1.41 bits per heavy atom. The molecular weight excluding hydrogens is 362 g/mol. The number of nitrogens with two attached hydrogens (primary N) is 1. The zero-order valence-corrected chi connectivity index (χ0v) is 16.3. The number of aromatic nitrogens is 2. The molecule has 0 unspecified atom stereocenters. The normalized spacial score (nSPS) is 10.7. The van der Waals surface area contributed by atoms with Crippen molar-refractivity contribution < 1.29 is 9.53 Å². The van der Waals surface area contributed by atoms with Crippen molar-refractivity contribution >= 4 is 5.91 Å². The first-order valence-corrected chi connectivity index (χ1v) is 9.27. The zero-order valence-electron chi connectivity index (χ0n) is 16.3. The van der Waals surface area contributed by atoms with Crippen molar-refractivity contribution in [2.24, 2.45) is 5.73 Å². The summed E-state index contributed by atoms with van der Waals surface area (Å²) in [4.78, 5) is 11.3. The zero-order chi connectivity index (χ0) is 20.4.